The van der Waals surface area contributed by atoms with Gasteiger partial charge in [-0.3, -0.25) is 0 Å². The van der Waals surface area contributed by atoms with Crippen LogP contribution in [0.4, 0.5) is 0 Å². The second-order valence-electron chi connectivity index (χ2n) is 11.0. The van der Waals surface area contributed by atoms with Crippen molar-refractivity contribution >= 4 is 23.1 Å². The predicted molar refractivity (Wildman–Crippen MR) is 185 cm³/mol. The Morgan fingerprint density at radius 1 is 0.681 bits per heavy atom. The number of hydrogen-bond donors (Lipinski definition) is 0. The van der Waals surface area contributed by atoms with Crippen LogP contribution in [0.1, 0.15) is 9.68 Å². The van der Waals surface area contributed by atoms with Crippen LogP contribution >= 0.6 is 0 Å². The monoisotopic (exact) mass is 786 g/mol. The molecule has 1 radical (unpaired) electrons. The Hall–Kier alpha value is -5.29. The molecule has 9 rings (SSSR count). The van der Waals surface area contributed by atoms with Crippen LogP contribution in [0, 0.1) is 19.0 Å². The molecule has 0 aliphatic carbocycles. The Kier molecular flexibility index (Phi) is 7.56. The Balaban J connectivity index is 0.000000255. The Bertz CT molecular complexity index is 2240. The first-order valence-corrected chi connectivity index (χ1v) is 15.0. The standard InChI is InChI=1S/C30H19BNO2.C11H8N.Ir/c1-19-18-32-25(17-22(19)20-9-3-2-4-10-20)21-15-16-28-29-30(21)34-27-14-8-6-12-24(27)31(29)23-11-5-7-13-26(23)33-28;1-2-6-10(7-3-1)11-8-4-5-9-12-11;/h2-14,16-18H,1H3;1-6,8-9H;/q2*-1;/i1D3;;. The van der Waals surface area contributed by atoms with Crippen molar-refractivity contribution in [3.63, 3.8) is 0 Å². The van der Waals surface area contributed by atoms with Crippen molar-refractivity contribution < 1.29 is 33.7 Å². The zero-order valence-corrected chi connectivity index (χ0v) is 27.4. The van der Waals surface area contributed by atoms with Gasteiger partial charge in [0.15, 0.2) is 0 Å². The van der Waals surface area contributed by atoms with E-state index in [1.54, 1.807) is 6.20 Å². The van der Waals surface area contributed by atoms with Gasteiger partial charge in [0.1, 0.15) is 11.5 Å². The quantitative estimate of drug-likeness (QED) is 0.136. The van der Waals surface area contributed by atoms with Crippen LogP contribution in [-0.2, 0) is 20.1 Å². The van der Waals surface area contributed by atoms with Gasteiger partial charge in [-0.05, 0) is 64.1 Å². The first-order valence-electron chi connectivity index (χ1n) is 16.5. The molecule has 0 amide bonds. The summed E-state index contributed by atoms with van der Waals surface area (Å²) >= 11 is 0. The summed E-state index contributed by atoms with van der Waals surface area (Å²) in [7, 11) is 0. The first kappa shape index (κ1) is 26.9. The summed E-state index contributed by atoms with van der Waals surface area (Å²) in [6.45, 7) is -2.37. The van der Waals surface area contributed by atoms with Gasteiger partial charge in [0.25, 0.3) is 0 Å². The molecule has 2 aliphatic rings. The van der Waals surface area contributed by atoms with Crippen molar-refractivity contribution in [2.24, 2.45) is 0 Å². The molecular formula is C41H27BIrN2O2-2. The van der Waals surface area contributed by atoms with Crippen molar-refractivity contribution in [3.8, 4) is 56.6 Å². The Morgan fingerprint density at radius 3 is 2.13 bits per heavy atom. The zero-order valence-electron chi connectivity index (χ0n) is 28.0. The minimum Gasteiger partial charge on any atom is -0.503 e. The molecule has 0 bridgehead atoms. The van der Waals surface area contributed by atoms with E-state index in [9.17, 15) is 0 Å². The van der Waals surface area contributed by atoms with E-state index in [4.69, 9.17) is 13.6 Å². The molecule has 6 heteroatoms. The van der Waals surface area contributed by atoms with Gasteiger partial charge in [0.2, 0.25) is 6.71 Å². The summed E-state index contributed by atoms with van der Waals surface area (Å²) in [6.07, 6.45) is 3.24. The average molecular weight is 786 g/mol. The molecule has 227 valence electrons. The number of pyridine rings is 2. The van der Waals surface area contributed by atoms with Gasteiger partial charge in [0.05, 0.1) is 0 Å². The van der Waals surface area contributed by atoms with Crippen molar-refractivity contribution in [2.75, 3.05) is 0 Å². The molecule has 4 nitrogen and oxygen atoms in total. The maximum Gasteiger partial charge on any atom is 0.239 e. The number of fused-ring (bicyclic) bond motifs is 4. The SMILES string of the molecule is [2H]C([2H])([2H])c1cnc(-c2[c-]cc3c4c2Oc2ccccc2B4c2ccccc2O3)cc1-c1ccccc1.[Ir].[c-]1ccccc1-c1ccccn1. The average Bonchev–Trinajstić information content (AvgIpc) is 3.15. The molecule has 2 aliphatic heterocycles. The number of para-hydroxylation sites is 2. The van der Waals surface area contributed by atoms with E-state index in [2.05, 4.69) is 34.2 Å². The fourth-order valence-corrected chi connectivity index (χ4v) is 6.04. The topological polar surface area (TPSA) is 44.2 Å². The summed E-state index contributed by atoms with van der Waals surface area (Å²) in [5.41, 5.74) is 7.95. The van der Waals surface area contributed by atoms with E-state index in [1.165, 1.54) is 6.20 Å². The minimum absolute atomic E-state index is 0. The largest absolute Gasteiger partial charge is 0.503 e. The molecule has 0 N–H and O–H groups in total. The van der Waals surface area contributed by atoms with Crippen molar-refractivity contribution in [3.05, 3.63) is 164 Å². The second kappa shape index (κ2) is 13.2. The molecule has 0 saturated carbocycles. The molecule has 47 heavy (non-hydrogen) atoms. The Labute approximate surface area is 292 Å². The van der Waals surface area contributed by atoms with Crippen LogP contribution in [0.15, 0.2) is 146 Å². The van der Waals surface area contributed by atoms with Crippen LogP contribution in [0.2, 0.25) is 0 Å². The molecule has 0 spiro atoms. The maximum absolute atomic E-state index is 8.07. The number of benzene rings is 5. The minimum atomic E-state index is -2.30. The number of ether oxygens (including phenoxy) is 2. The molecule has 7 aromatic rings. The summed E-state index contributed by atoms with van der Waals surface area (Å²) in [5, 5.41) is 0. The number of aryl methyl sites for hydroxylation is 1. The van der Waals surface area contributed by atoms with Gasteiger partial charge in [-0.1, -0.05) is 96.0 Å². The summed E-state index contributed by atoms with van der Waals surface area (Å²) < 4.78 is 37.0. The fraction of sp³-hybridized carbons (Fsp3) is 0.0244. The number of nitrogens with zero attached hydrogens (tertiary/aromatic N) is 2. The number of rotatable bonds is 3. The van der Waals surface area contributed by atoms with E-state index in [0.717, 1.165) is 44.7 Å². The van der Waals surface area contributed by atoms with Gasteiger partial charge >= 0.3 is 0 Å². The fourth-order valence-electron chi connectivity index (χ4n) is 6.04. The molecule has 0 unspecified atom stereocenters. The third-order valence-corrected chi connectivity index (χ3v) is 8.16. The van der Waals surface area contributed by atoms with Crippen LogP contribution in [0.5, 0.6) is 23.0 Å². The van der Waals surface area contributed by atoms with Crippen LogP contribution in [0.3, 0.4) is 0 Å². The van der Waals surface area contributed by atoms with E-state index in [1.807, 2.05) is 121 Å². The van der Waals surface area contributed by atoms with Crippen molar-refractivity contribution in [1.82, 2.24) is 9.97 Å². The molecule has 0 fully saturated rings. The maximum atomic E-state index is 8.07. The van der Waals surface area contributed by atoms with Gasteiger partial charge in [0, 0.05) is 48.1 Å². The normalized spacial score (nSPS) is 12.9. The van der Waals surface area contributed by atoms with Crippen molar-refractivity contribution in [1.29, 1.82) is 0 Å². The molecule has 0 atom stereocenters. The van der Waals surface area contributed by atoms with Gasteiger partial charge in [-0.25, -0.2) is 0 Å². The van der Waals surface area contributed by atoms with Crippen molar-refractivity contribution in [2.45, 2.75) is 6.85 Å². The second-order valence-corrected chi connectivity index (χ2v) is 11.0. The van der Waals surface area contributed by atoms with Gasteiger partial charge < -0.3 is 19.4 Å². The third-order valence-electron chi connectivity index (χ3n) is 8.16. The van der Waals surface area contributed by atoms with Crippen LogP contribution in [0.25, 0.3) is 33.6 Å². The first-order chi connectivity index (χ1) is 24.0. The van der Waals surface area contributed by atoms with Gasteiger partial charge in [-0.15, -0.1) is 48.0 Å². The van der Waals surface area contributed by atoms with Crippen LogP contribution < -0.4 is 25.9 Å². The molecule has 0 saturated heterocycles. The van der Waals surface area contributed by atoms with E-state index in [-0.39, 0.29) is 32.4 Å². The summed E-state index contributed by atoms with van der Waals surface area (Å²) in [4.78, 5) is 8.81. The van der Waals surface area contributed by atoms with E-state index < -0.39 is 6.85 Å². The van der Waals surface area contributed by atoms with E-state index in [0.29, 0.717) is 28.3 Å². The molecular weight excluding hydrogens is 755 g/mol. The predicted octanol–water partition coefficient (Wildman–Crippen LogP) is 7.80. The molecule has 5 aromatic carbocycles. The van der Waals surface area contributed by atoms with Gasteiger partial charge in [-0.2, -0.15) is 0 Å². The third kappa shape index (κ3) is 5.78. The Morgan fingerprint density at radius 2 is 1.40 bits per heavy atom. The number of hydrogen-bond acceptors (Lipinski definition) is 4. The molecule has 2 aromatic heterocycles. The summed E-state index contributed by atoms with van der Waals surface area (Å²) in [6, 6.07) is 49.4. The summed E-state index contributed by atoms with van der Waals surface area (Å²) in [5.74, 6) is 2.91. The zero-order chi connectivity index (χ0) is 33.4. The van der Waals surface area contributed by atoms with E-state index >= 15 is 0 Å². The number of aromatic nitrogens is 2. The van der Waals surface area contributed by atoms with Crippen LogP contribution in [-0.4, -0.2) is 16.7 Å². The molecule has 4 heterocycles. The smallest absolute Gasteiger partial charge is 0.239 e.